The van der Waals surface area contributed by atoms with Crippen molar-refractivity contribution in [3.8, 4) is 46.4 Å². The van der Waals surface area contributed by atoms with E-state index in [0.717, 1.165) is 11.1 Å². The molecule has 5 aromatic carbocycles. The van der Waals surface area contributed by atoms with Crippen molar-refractivity contribution in [2.75, 3.05) is 0 Å². The molecule has 12 nitrogen and oxygen atoms in total. The fraction of sp³-hybridized carbons (Fsp3) is 0.0870. The Kier molecular flexibility index (Phi) is 8.65. The van der Waals surface area contributed by atoms with Gasteiger partial charge in [-0.25, -0.2) is 9.97 Å². The summed E-state index contributed by atoms with van der Waals surface area (Å²) in [4.78, 5) is 9.65. The Hall–Kier alpha value is -7.51. The number of halogens is 2. The number of hydrogen-bond acceptors (Lipinski definition) is 10. The largest absolute Gasteiger partial charge is 0.743 e. The first-order valence-corrected chi connectivity index (χ1v) is 20.4. The fourth-order valence-corrected chi connectivity index (χ4v) is 8.74. The number of hydrogen-bond donors (Lipinski definition) is 0. The molecule has 4 aromatic heterocycles. The molecule has 0 saturated heterocycles. The molecular formula is C46H28B2Cl2N6O6. The van der Waals surface area contributed by atoms with Gasteiger partial charge in [0.15, 0.2) is 11.2 Å². The third kappa shape index (κ3) is 5.76. The zero-order valence-corrected chi connectivity index (χ0v) is 34.5. The second kappa shape index (κ2) is 14.3. The average Bonchev–Trinajstić information content (AvgIpc) is 4.12. The first-order chi connectivity index (χ1) is 30.2. The summed E-state index contributed by atoms with van der Waals surface area (Å²) in [6.45, 7) is 6.03. The molecule has 0 atom stereocenters. The normalized spacial score (nSPS) is 14.0. The predicted molar refractivity (Wildman–Crippen MR) is 235 cm³/mol. The molecule has 6 heterocycles. The van der Waals surface area contributed by atoms with Crippen LogP contribution in [0.1, 0.15) is 42.8 Å². The number of nitrogens with zero attached hydrogens (tertiary/aromatic N) is 6. The molecule has 0 radical (unpaired) electrons. The Morgan fingerprint density at radius 1 is 0.613 bits per heavy atom. The van der Waals surface area contributed by atoms with Crippen molar-refractivity contribution < 1.29 is 27.5 Å². The minimum Gasteiger partial charge on any atom is -0.503 e. The van der Waals surface area contributed by atoms with E-state index < -0.39 is 14.5 Å². The lowest BCUT2D eigenvalue weighted by molar-refractivity contribution is 0.473. The van der Waals surface area contributed by atoms with Crippen LogP contribution in [0.3, 0.4) is 0 Å². The van der Waals surface area contributed by atoms with Crippen LogP contribution in [-0.2, 0) is 0 Å². The van der Waals surface area contributed by atoms with E-state index in [-0.39, 0.29) is 28.8 Å². The molecule has 0 saturated carbocycles. The molecule has 0 aliphatic carbocycles. The Bertz CT molecular complexity index is 3430. The van der Waals surface area contributed by atoms with Crippen LogP contribution in [0.25, 0.3) is 55.4 Å². The van der Waals surface area contributed by atoms with E-state index in [1.807, 2.05) is 103 Å². The van der Waals surface area contributed by atoms with Gasteiger partial charge in [-0.3, -0.25) is 0 Å². The van der Waals surface area contributed by atoms with Crippen LogP contribution in [0, 0.1) is 29.6 Å². The van der Waals surface area contributed by atoms with Crippen LogP contribution in [0.2, 0.25) is 10.0 Å². The van der Waals surface area contributed by atoms with Gasteiger partial charge in [-0.2, -0.15) is 10.5 Å². The van der Waals surface area contributed by atoms with Gasteiger partial charge in [-0.15, -0.1) is 0 Å². The smallest absolute Gasteiger partial charge is 0.503 e. The lowest BCUT2D eigenvalue weighted by Gasteiger charge is -2.18. The maximum atomic E-state index is 11.5. The lowest BCUT2D eigenvalue weighted by atomic mass is 9.99. The van der Waals surface area contributed by atoms with Crippen LogP contribution in [0.4, 0.5) is 0 Å². The highest BCUT2D eigenvalue weighted by Crippen LogP contribution is 2.41. The van der Waals surface area contributed by atoms with Gasteiger partial charge in [-0.1, -0.05) is 85.6 Å². The Labute approximate surface area is 363 Å². The maximum Gasteiger partial charge on any atom is 0.743 e. The van der Waals surface area contributed by atoms with Crippen LogP contribution in [-0.4, -0.2) is 33.4 Å². The maximum absolute atomic E-state index is 11.5. The standard InChI is InChI=1S/C46H28B2Cl2N6O6/c1-24(2)41-39-40(44(55(41)47-59-33-12-6-7-13-34(33)60-47)30(23-52)46-54-32-19-17-27(50)21-38(32)58-46)42(28-11-5-4-10-25(28)3)56(48-61-35-14-8-9-15-36(35)62-48)43(39)29(22-51)45-53-31-18-16-26(49)20-37(31)57-45/h4-21,24H,1-3H3/b43-29-,44-30-. The molecule has 2 aliphatic heterocycles. The minimum atomic E-state index is -1.16. The van der Waals surface area contributed by atoms with Gasteiger partial charge < -0.3 is 36.4 Å². The van der Waals surface area contributed by atoms with Crippen LogP contribution < -0.4 is 29.3 Å². The summed E-state index contributed by atoms with van der Waals surface area (Å²) in [7, 11) is -2.28. The second-order valence-electron chi connectivity index (χ2n) is 15.1. The van der Waals surface area contributed by atoms with Crippen LogP contribution in [0.5, 0.6) is 23.0 Å². The van der Waals surface area contributed by atoms with Crippen molar-refractivity contribution in [1.29, 1.82) is 10.5 Å². The zero-order chi connectivity index (χ0) is 42.4. The molecule has 62 heavy (non-hydrogen) atoms. The Balaban J connectivity index is 1.40. The van der Waals surface area contributed by atoms with Gasteiger partial charge in [0.25, 0.3) is 0 Å². The quantitative estimate of drug-likeness (QED) is 0.148. The molecule has 0 fully saturated rings. The number of aromatic nitrogens is 4. The average molecular weight is 853 g/mol. The van der Waals surface area contributed by atoms with Gasteiger partial charge in [0, 0.05) is 44.2 Å². The van der Waals surface area contributed by atoms with Gasteiger partial charge >= 0.3 is 14.5 Å². The van der Waals surface area contributed by atoms with Crippen molar-refractivity contribution in [3.63, 3.8) is 0 Å². The summed E-state index contributed by atoms with van der Waals surface area (Å²) in [5, 5.41) is 25.6. The fourth-order valence-electron chi connectivity index (χ4n) is 8.42. The van der Waals surface area contributed by atoms with Gasteiger partial charge in [0.2, 0.25) is 11.8 Å². The molecule has 9 aromatic rings. The van der Waals surface area contributed by atoms with E-state index >= 15 is 0 Å². The van der Waals surface area contributed by atoms with Gasteiger partial charge in [0.05, 0.1) is 16.4 Å². The first kappa shape index (κ1) is 37.5. The summed E-state index contributed by atoms with van der Waals surface area (Å²) in [6.07, 6.45) is 0. The summed E-state index contributed by atoms with van der Waals surface area (Å²) in [5.74, 6) is 1.77. The molecule has 298 valence electrons. The van der Waals surface area contributed by atoms with Crippen molar-refractivity contribution in [2.45, 2.75) is 26.7 Å². The molecule has 16 heteroatoms. The molecule has 0 spiro atoms. The number of fused-ring (bicyclic) bond motifs is 5. The molecule has 2 aliphatic rings. The molecular weight excluding hydrogens is 825 g/mol. The predicted octanol–water partition coefficient (Wildman–Crippen LogP) is 9.18. The summed E-state index contributed by atoms with van der Waals surface area (Å²) in [5.41, 5.74) is 4.71. The molecule has 0 N–H and O–H groups in total. The Morgan fingerprint density at radius 3 is 1.53 bits per heavy atom. The first-order valence-electron chi connectivity index (χ1n) is 19.6. The highest BCUT2D eigenvalue weighted by Gasteiger charge is 2.45. The van der Waals surface area contributed by atoms with E-state index in [0.29, 0.717) is 88.1 Å². The van der Waals surface area contributed by atoms with Crippen molar-refractivity contribution in [1.82, 2.24) is 18.9 Å². The van der Waals surface area contributed by atoms with E-state index in [9.17, 15) is 10.5 Å². The van der Waals surface area contributed by atoms with E-state index in [2.05, 4.69) is 12.1 Å². The van der Waals surface area contributed by atoms with E-state index in [1.165, 1.54) is 0 Å². The molecule has 0 unspecified atom stereocenters. The number of oxazole rings is 2. The zero-order valence-electron chi connectivity index (χ0n) is 33.0. The third-order valence-corrected chi connectivity index (χ3v) is 11.5. The highest BCUT2D eigenvalue weighted by atomic mass is 35.5. The summed E-state index contributed by atoms with van der Waals surface area (Å²) in [6, 6.07) is 37.6. The number of rotatable bonds is 6. The Morgan fingerprint density at radius 2 is 1.06 bits per heavy atom. The number of benzene rings is 5. The van der Waals surface area contributed by atoms with Gasteiger partial charge in [0.1, 0.15) is 57.3 Å². The van der Waals surface area contributed by atoms with Gasteiger partial charge in [-0.05, 0) is 66.9 Å². The van der Waals surface area contributed by atoms with E-state index in [1.54, 1.807) is 36.4 Å². The van der Waals surface area contributed by atoms with E-state index in [4.69, 9.17) is 60.6 Å². The van der Waals surface area contributed by atoms with Crippen LogP contribution in [0.15, 0.2) is 118 Å². The van der Waals surface area contributed by atoms with Crippen molar-refractivity contribution in [2.24, 2.45) is 0 Å². The lowest BCUT2D eigenvalue weighted by Crippen LogP contribution is -2.45. The molecule has 0 amide bonds. The topological polar surface area (TPSA) is 146 Å². The van der Waals surface area contributed by atoms with Crippen molar-refractivity contribution >= 4 is 81.8 Å². The number of aryl methyl sites for hydroxylation is 1. The summed E-state index contributed by atoms with van der Waals surface area (Å²) < 4.78 is 43.0. The monoisotopic (exact) mass is 852 g/mol. The number of para-hydroxylation sites is 4. The number of nitriles is 2. The molecule has 0 bridgehead atoms. The highest BCUT2D eigenvalue weighted by molar-refractivity contribution is 6.49. The minimum absolute atomic E-state index is 0.0300. The second-order valence-corrected chi connectivity index (χ2v) is 16.0. The third-order valence-electron chi connectivity index (χ3n) is 11.0. The van der Waals surface area contributed by atoms with Crippen LogP contribution >= 0.6 is 23.2 Å². The van der Waals surface area contributed by atoms with Crippen molar-refractivity contribution in [3.05, 3.63) is 153 Å². The molecule has 11 rings (SSSR count). The SMILES string of the molecule is Cc1ccccc1-c1c2/c(=C(\C#N)c3nc4ccc(Cl)cc4o3)n(B3Oc4ccccc4O3)c(C(C)C)c2/c(=C(\C#N)c2nc3ccc(Cl)cc3o2)n1B1Oc2ccccc2O1. The summed E-state index contributed by atoms with van der Waals surface area (Å²) >= 11 is 12.8.